The zero-order chi connectivity index (χ0) is 10.9. The molecule has 1 saturated heterocycles. The lowest BCUT2D eigenvalue weighted by Crippen LogP contribution is -2.52. The minimum atomic E-state index is -1.12. The van der Waals surface area contributed by atoms with Crippen molar-refractivity contribution in [2.75, 3.05) is 7.11 Å². The fourth-order valence-corrected chi connectivity index (χ4v) is 1.78. The van der Waals surface area contributed by atoms with E-state index < -0.39 is 11.6 Å². The van der Waals surface area contributed by atoms with E-state index in [-0.39, 0.29) is 17.8 Å². The van der Waals surface area contributed by atoms with Crippen molar-refractivity contribution in [2.24, 2.45) is 11.8 Å². The van der Waals surface area contributed by atoms with Crippen molar-refractivity contribution in [3.8, 4) is 0 Å². The van der Waals surface area contributed by atoms with Gasteiger partial charge in [-0.2, -0.15) is 0 Å². The molecule has 1 heterocycles. The summed E-state index contributed by atoms with van der Waals surface area (Å²) in [6.07, 6.45) is 0.369. The zero-order valence-electron chi connectivity index (χ0n) is 8.99. The van der Waals surface area contributed by atoms with Gasteiger partial charge in [0.2, 0.25) is 5.60 Å². The average Bonchev–Trinajstić information content (AvgIpc) is 2.12. The summed E-state index contributed by atoms with van der Waals surface area (Å²) in [5.41, 5.74) is -1.12. The van der Waals surface area contributed by atoms with Crippen LogP contribution in [0.5, 0.6) is 0 Å². The molecule has 0 radical (unpaired) electrons. The van der Waals surface area contributed by atoms with Gasteiger partial charge in [0.1, 0.15) is 0 Å². The van der Waals surface area contributed by atoms with E-state index in [1.165, 1.54) is 7.11 Å². The van der Waals surface area contributed by atoms with Gasteiger partial charge < -0.3 is 9.47 Å². The van der Waals surface area contributed by atoms with Gasteiger partial charge in [-0.3, -0.25) is 4.79 Å². The van der Waals surface area contributed by atoms with Gasteiger partial charge in [-0.05, 0) is 12.8 Å². The fraction of sp³-hybridized carbons (Fsp3) is 0.800. The van der Waals surface area contributed by atoms with Crippen LogP contribution in [0, 0.1) is 11.8 Å². The molecule has 14 heavy (non-hydrogen) atoms. The summed E-state index contributed by atoms with van der Waals surface area (Å²) in [5.74, 6) is -0.693. The minimum Gasteiger partial charge on any atom is -0.466 e. The number of carbonyl (C=O) groups is 2. The van der Waals surface area contributed by atoms with Crippen LogP contribution in [0.15, 0.2) is 0 Å². The first-order valence-electron chi connectivity index (χ1n) is 4.72. The molecule has 0 saturated carbocycles. The number of esters is 2. The smallest absolute Gasteiger partial charge is 0.350 e. The molecule has 0 bridgehead atoms. The number of ether oxygens (including phenoxy) is 2. The lowest BCUT2D eigenvalue weighted by Gasteiger charge is -2.39. The number of hydrogen-bond donors (Lipinski definition) is 0. The van der Waals surface area contributed by atoms with E-state index in [1.807, 2.05) is 13.8 Å². The standard InChI is InChI=1S/C10H16O4/c1-6-5-8(11)14-10(3,7(6)2)9(12)13-4/h6-7H,5H2,1-4H3/t6-,7+,10+/m0/s1. The Kier molecular flexibility index (Phi) is 2.83. The molecule has 4 heteroatoms. The highest BCUT2D eigenvalue weighted by Gasteiger charge is 2.49. The van der Waals surface area contributed by atoms with Crippen LogP contribution in [-0.2, 0) is 19.1 Å². The van der Waals surface area contributed by atoms with Crippen molar-refractivity contribution < 1.29 is 19.1 Å². The third kappa shape index (κ3) is 1.61. The van der Waals surface area contributed by atoms with Gasteiger partial charge in [-0.25, -0.2) is 4.79 Å². The molecule has 0 aromatic heterocycles. The Morgan fingerprint density at radius 3 is 2.64 bits per heavy atom. The van der Waals surface area contributed by atoms with Crippen molar-refractivity contribution in [3.05, 3.63) is 0 Å². The number of hydrogen-bond acceptors (Lipinski definition) is 4. The molecule has 1 aliphatic rings. The Bertz CT molecular complexity index is 261. The maximum atomic E-state index is 11.5. The molecule has 80 valence electrons. The van der Waals surface area contributed by atoms with E-state index in [9.17, 15) is 9.59 Å². The van der Waals surface area contributed by atoms with Crippen molar-refractivity contribution in [3.63, 3.8) is 0 Å². The van der Waals surface area contributed by atoms with E-state index in [4.69, 9.17) is 4.74 Å². The molecular weight excluding hydrogens is 184 g/mol. The molecule has 0 aromatic carbocycles. The monoisotopic (exact) mass is 200 g/mol. The van der Waals surface area contributed by atoms with Crippen LogP contribution in [0.4, 0.5) is 0 Å². The second-order valence-corrected chi connectivity index (χ2v) is 4.04. The predicted octanol–water partition coefficient (Wildman–Crippen LogP) is 1.14. The first-order valence-corrected chi connectivity index (χ1v) is 4.72. The van der Waals surface area contributed by atoms with E-state index in [1.54, 1.807) is 6.92 Å². The number of carbonyl (C=O) groups excluding carboxylic acids is 2. The number of rotatable bonds is 1. The molecule has 4 nitrogen and oxygen atoms in total. The van der Waals surface area contributed by atoms with Crippen molar-refractivity contribution in [1.82, 2.24) is 0 Å². The van der Waals surface area contributed by atoms with Gasteiger partial charge in [0.25, 0.3) is 0 Å². The molecule has 0 amide bonds. The van der Waals surface area contributed by atoms with Crippen LogP contribution >= 0.6 is 0 Å². The molecule has 0 aliphatic carbocycles. The molecule has 0 spiro atoms. The molecular formula is C10H16O4. The Labute approximate surface area is 83.6 Å². The van der Waals surface area contributed by atoms with Gasteiger partial charge in [-0.1, -0.05) is 13.8 Å². The van der Waals surface area contributed by atoms with Crippen LogP contribution in [0.25, 0.3) is 0 Å². The summed E-state index contributed by atoms with van der Waals surface area (Å²) >= 11 is 0. The normalized spacial score (nSPS) is 37.6. The van der Waals surface area contributed by atoms with Crippen LogP contribution in [0.3, 0.4) is 0 Å². The lowest BCUT2D eigenvalue weighted by atomic mass is 9.77. The number of cyclic esters (lactones) is 1. The molecule has 0 aromatic rings. The first kappa shape index (κ1) is 11.0. The van der Waals surface area contributed by atoms with E-state index >= 15 is 0 Å². The van der Waals surface area contributed by atoms with Crippen LogP contribution in [-0.4, -0.2) is 24.6 Å². The third-order valence-electron chi connectivity index (χ3n) is 3.13. The lowest BCUT2D eigenvalue weighted by molar-refractivity contribution is -0.196. The van der Waals surface area contributed by atoms with E-state index in [2.05, 4.69) is 4.74 Å². The highest BCUT2D eigenvalue weighted by atomic mass is 16.6. The quantitative estimate of drug-likeness (QED) is 0.595. The summed E-state index contributed by atoms with van der Waals surface area (Å²) in [5, 5.41) is 0. The number of methoxy groups -OCH3 is 1. The van der Waals surface area contributed by atoms with Crippen molar-refractivity contribution in [2.45, 2.75) is 32.8 Å². The first-order chi connectivity index (χ1) is 6.41. The second kappa shape index (κ2) is 3.59. The molecule has 1 fully saturated rings. The highest BCUT2D eigenvalue weighted by molar-refractivity contribution is 5.84. The predicted molar refractivity (Wildman–Crippen MR) is 49.5 cm³/mol. The average molecular weight is 200 g/mol. The van der Waals surface area contributed by atoms with Gasteiger partial charge in [0, 0.05) is 12.3 Å². The Morgan fingerprint density at radius 2 is 2.14 bits per heavy atom. The third-order valence-corrected chi connectivity index (χ3v) is 3.13. The van der Waals surface area contributed by atoms with Crippen molar-refractivity contribution in [1.29, 1.82) is 0 Å². The van der Waals surface area contributed by atoms with Crippen LogP contribution in [0.2, 0.25) is 0 Å². The summed E-state index contributed by atoms with van der Waals surface area (Å²) < 4.78 is 9.74. The highest BCUT2D eigenvalue weighted by Crippen LogP contribution is 2.36. The Hall–Kier alpha value is -1.06. The maximum absolute atomic E-state index is 11.5. The molecule has 1 aliphatic heterocycles. The van der Waals surface area contributed by atoms with Gasteiger partial charge in [-0.15, -0.1) is 0 Å². The van der Waals surface area contributed by atoms with Crippen LogP contribution in [0.1, 0.15) is 27.2 Å². The summed E-state index contributed by atoms with van der Waals surface area (Å²) in [7, 11) is 1.30. The summed E-state index contributed by atoms with van der Waals surface area (Å²) in [6.45, 7) is 5.44. The molecule has 0 unspecified atom stereocenters. The zero-order valence-corrected chi connectivity index (χ0v) is 8.99. The topological polar surface area (TPSA) is 52.6 Å². The van der Waals surface area contributed by atoms with Gasteiger partial charge >= 0.3 is 11.9 Å². The van der Waals surface area contributed by atoms with E-state index in [0.717, 1.165) is 0 Å². The van der Waals surface area contributed by atoms with Crippen LogP contribution < -0.4 is 0 Å². The SMILES string of the molecule is COC(=O)[C@]1(C)OC(=O)C[C@H](C)[C@H]1C. The van der Waals surface area contributed by atoms with E-state index in [0.29, 0.717) is 6.42 Å². The maximum Gasteiger partial charge on any atom is 0.350 e. The minimum absolute atomic E-state index is 0.0207. The fourth-order valence-electron chi connectivity index (χ4n) is 1.78. The molecule has 0 N–H and O–H groups in total. The second-order valence-electron chi connectivity index (χ2n) is 4.04. The largest absolute Gasteiger partial charge is 0.466 e. The summed E-state index contributed by atoms with van der Waals surface area (Å²) in [6, 6.07) is 0. The molecule has 3 atom stereocenters. The van der Waals surface area contributed by atoms with Crippen molar-refractivity contribution >= 4 is 11.9 Å². The summed E-state index contributed by atoms with van der Waals surface area (Å²) in [4.78, 5) is 22.7. The van der Waals surface area contributed by atoms with Gasteiger partial charge in [0.15, 0.2) is 0 Å². The Balaban J connectivity index is 2.94. The van der Waals surface area contributed by atoms with Gasteiger partial charge in [0.05, 0.1) is 7.11 Å². The Morgan fingerprint density at radius 1 is 1.57 bits per heavy atom. The molecule has 1 rings (SSSR count).